The zero-order valence-electron chi connectivity index (χ0n) is 15.5. The van der Waals surface area contributed by atoms with Crippen molar-refractivity contribution in [2.75, 3.05) is 13.6 Å². The van der Waals surface area contributed by atoms with Crippen molar-refractivity contribution >= 4 is 34.9 Å². The van der Waals surface area contributed by atoms with Gasteiger partial charge in [0.15, 0.2) is 0 Å². The van der Waals surface area contributed by atoms with Gasteiger partial charge in [0.05, 0.1) is 11.4 Å². The minimum atomic E-state index is -0.472. The molecule has 0 spiro atoms. The molecule has 0 atom stereocenters. The van der Waals surface area contributed by atoms with Crippen molar-refractivity contribution in [1.82, 2.24) is 9.80 Å². The number of thioether (sulfide) groups is 1. The smallest absolute Gasteiger partial charge is 0.293 e. The molecule has 1 aliphatic rings. The summed E-state index contributed by atoms with van der Waals surface area (Å²) in [6.45, 7) is 2.35. The number of benzene rings is 2. The monoisotopic (exact) mass is 398 g/mol. The highest BCUT2D eigenvalue weighted by atomic mass is 32.2. The first-order chi connectivity index (χ1) is 13.4. The molecular formula is C21H19FN2O3S. The van der Waals surface area contributed by atoms with Gasteiger partial charge in [0.25, 0.3) is 17.1 Å². The number of nitrogens with zero attached hydrogens (tertiary/aromatic N) is 2. The van der Waals surface area contributed by atoms with E-state index in [1.165, 1.54) is 6.07 Å². The zero-order valence-corrected chi connectivity index (χ0v) is 16.3. The maximum Gasteiger partial charge on any atom is 0.293 e. The van der Waals surface area contributed by atoms with E-state index in [2.05, 4.69) is 0 Å². The van der Waals surface area contributed by atoms with E-state index in [9.17, 15) is 18.8 Å². The summed E-state index contributed by atoms with van der Waals surface area (Å²) in [4.78, 5) is 40.0. The highest BCUT2D eigenvalue weighted by Crippen LogP contribution is 2.33. The van der Waals surface area contributed by atoms with Crippen molar-refractivity contribution in [3.8, 4) is 0 Å². The molecule has 1 aliphatic heterocycles. The number of carbonyl (C=O) groups excluding carboxylic acids is 3. The van der Waals surface area contributed by atoms with Gasteiger partial charge in [0.2, 0.25) is 0 Å². The van der Waals surface area contributed by atoms with Crippen LogP contribution in [0.5, 0.6) is 0 Å². The summed E-state index contributed by atoms with van der Waals surface area (Å²) in [5.74, 6) is -1.05. The van der Waals surface area contributed by atoms with Crippen LogP contribution in [0.2, 0.25) is 0 Å². The van der Waals surface area contributed by atoms with Crippen molar-refractivity contribution in [3.63, 3.8) is 0 Å². The molecule has 0 radical (unpaired) electrons. The van der Waals surface area contributed by atoms with E-state index >= 15 is 0 Å². The fourth-order valence-corrected chi connectivity index (χ4v) is 3.55. The van der Waals surface area contributed by atoms with Gasteiger partial charge in [-0.25, -0.2) is 4.39 Å². The van der Waals surface area contributed by atoms with Gasteiger partial charge >= 0.3 is 0 Å². The molecule has 0 saturated carbocycles. The van der Waals surface area contributed by atoms with Crippen molar-refractivity contribution in [2.24, 2.45) is 0 Å². The van der Waals surface area contributed by atoms with Crippen molar-refractivity contribution in [3.05, 3.63) is 75.9 Å². The Hall–Kier alpha value is -2.93. The van der Waals surface area contributed by atoms with Crippen LogP contribution in [0.3, 0.4) is 0 Å². The van der Waals surface area contributed by atoms with Crippen LogP contribution in [0.25, 0.3) is 6.08 Å². The third kappa shape index (κ3) is 4.14. The molecule has 2 aromatic rings. The molecule has 28 heavy (non-hydrogen) atoms. The predicted molar refractivity (Wildman–Crippen MR) is 107 cm³/mol. The molecule has 0 bridgehead atoms. The van der Waals surface area contributed by atoms with E-state index in [1.807, 2.05) is 6.92 Å². The lowest BCUT2D eigenvalue weighted by Crippen LogP contribution is -2.28. The summed E-state index contributed by atoms with van der Waals surface area (Å²) in [6, 6.07) is 12.9. The van der Waals surface area contributed by atoms with Crippen LogP contribution in [0.15, 0.2) is 53.4 Å². The predicted octanol–water partition coefficient (Wildman–Crippen LogP) is 4.15. The van der Waals surface area contributed by atoms with Gasteiger partial charge in [0.1, 0.15) is 5.82 Å². The van der Waals surface area contributed by atoms with Gasteiger partial charge < -0.3 is 4.90 Å². The Morgan fingerprint density at radius 1 is 1.18 bits per heavy atom. The van der Waals surface area contributed by atoms with Gasteiger partial charge in [-0.15, -0.1) is 0 Å². The van der Waals surface area contributed by atoms with Gasteiger partial charge in [-0.05, 0) is 48.5 Å². The third-order valence-corrected chi connectivity index (χ3v) is 5.32. The van der Waals surface area contributed by atoms with Crippen LogP contribution in [0.4, 0.5) is 9.18 Å². The van der Waals surface area contributed by atoms with Crippen molar-refractivity contribution in [1.29, 1.82) is 0 Å². The lowest BCUT2D eigenvalue weighted by molar-refractivity contribution is -0.123. The summed E-state index contributed by atoms with van der Waals surface area (Å²) >= 11 is 0.808. The topological polar surface area (TPSA) is 57.7 Å². The number of amides is 3. The molecule has 3 amide bonds. The minimum Gasteiger partial charge on any atom is -0.342 e. The Morgan fingerprint density at radius 2 is 1.93 bits per heavy atom. The van der Waals surface area contributed by atoms with Crippen LogP contribution in [-0.2, 0) is 11.3 Å². The minimum absolute atomic E-state index is 0.117. The van der Waals surface area contributed by atoms with Crippen molar-refractivity contribution in [2.45, 2.75) is 13.5 Å². The van der Waals surface area contributed by atoms with Crippen LogP contribution in [0, 0.1) is 5.82 Å². The third-order valence-electron chi connectivity index (χ3n) is 4.41. The average Bonchev–Trinajstić information content (AvgIpc) is 2.96. The number of hydrogen-bond donors (Lipinski definition) is 0. The highest BCUT2D eigenvalue weighted by molar-refractivity contribution is 8.18. The Bertz CT molecular complexity index is 974. The first-order valence-corrected chi connectivity index (χ1v) is 9.56. The van der Waals surface area contributed by atoms with Crippen molar-refractivity contribution < 1.29 is 18.8 Å². The summed E-state index contributed by atoms with van der Waals surface area (Å²) in [7, 11) is 1.71. The number of imide groups is 1. The van der Waals surface area contributed by atoms with Crippen LogP contribution < -0.4 is 0 Å². The van der Waals surface area contributed by atoms with E-state index in [0.717, 1.165) is 16.7 Å². The SMILES string of the molecule is CCN(C)C(=O)c1cccc(/C=C2\SC(=O)N(Cc3ccccc3F)C2=O)c1. The van der Waals surface area contributed by atoms with Gasteiger partial charge in [-0.1, -0.05) is 30.3 Å². The molecular weight excluding hydrogens is 379 g/mol. The molecule has 5 nitrogen and oxygen atoms in total. The zero-order chi connectivity index (χ0) is 20.3. The van der Waals surface area contributed by atoms with Gasteiger partial charge in [0, 0.05) is 24.7 Å². The Kier molecular flexibility index (Phi) is 5.94. The second-order valence-electron chi connectivity index (χ2n) is 6.30. The van der Waals surface area contributed by atoms with Gasteiger partial charge in [-0.2, -0.15) is 0 Å². The fourth-order valence-electron chi connectivity index (χ4n) is 2.71. The second-order valence-corrected chi connectivity index (χ2v) is 7.30. The lowest BCUT2D eigenvalue weighted by atomic mass is 10.1. The molecule has 0 N–H and O–H groups in total. The first-order valence-electron chi connectivity index (χ1n) is 8.75. The van der Waals surface area contributed by atoms with E-state index < -0.39 is 17.0 Å². The largest absolute Gasteiger partial charge is 0.342 e. The number of carbonyl (C=O) groups is 3. The van der Waals surface area contributed by atoms with Crippen LogP contribution >= 0.6 is 11.8 Å². The molecule has 144 valence electrons. The average molecular weight is 398 g/mol. The summed E-state index contributed by atoms with van der Waals surface area (Å²) < 4.78 is 13.8. The lowest BCUT2D eigenvalue weighted by Gasteiger charge is -2.14. The molecule has 2 aromatic carbocycles. The Labute approximate surface area is 166 Å². The second kappa shape index (κ2) is 8.39. The number of hydrogen-bond acceptors (Lipinski definition) is 4. The van der Waals surface area contributed by atoms with Crippen LogP contribution in [0.1, 0.15) is 28.4 Å². The molecule has 0 aromatic heterocycles. The summed E-state index contributed by atoms with van der Waals surface area (Å²) in [5.41, 5.74) is 1.43. The molecule has 0 unspecified atom stereocenters. The summed E-state index contributed by atoms with van der Waals surface area (Å²) in [5, 5.41) is -0.447. The number of halogens is 1. The quantitative estimate of drug-likeness (QED) is 0.710. The summed E-state index contributed by atoms with van der Waals surface area (Å²) in [6.07, 6.45) is 1.58. The normalized spacial score (nSPS) is 15.4. The van der Waals surface area contributed by atoms with Gasteiger partial charge in [-0.3, -0.25) is 19.3 Å². The molecule has 1 fully saturated rings. The molecule has 7 heteroatoms. The standard InChI is InChI=1S/C21H19FN2O3S/c1-3-23(2)19(25)15-9-6-7-14(11-15)12-18-20(26)24(21(27)28-18)13-16-8-4-5-10-17(16)22/h4-12H,3,13H2,1-2H3/b18-12-. The molecule has 1 heterocycles. The number of rotatable bonds is 5. The molecule has 0 aliphatic carbocycles. The first kappa shape index (κ1) is 19.8. The Morgan fingerprint density at radius 3 is 2.64 bits per heavy atom. The maximum atomic E-state index is 13.8. The van der Waals surface area contributed by atoms with Crippen LogP contribution in [-0.4, -0.2) is 40.4 Å². The van der Waals surface area contributed by atoms with E-state index in [4.69, 9.17) is 0 Å². The van der Waals surface area contributed by atoms with E-state index in [0.29, 0.717) is 17.7 Å². The molecule has 1 saturated heterocycles. The van der Waals surface area contributed by atoms with E-state index in [1.54, 1.807) is 60.5 Å². The highest BCUT2D eigenvalue weighted by Gasteiger charge is 2.35. The van der Waals surface area contributed by atoms with E-state index in [-0.39, 0.29) is 22.9 Å². The molecule has 3 rings (SSSR count). The Balaban J connectivity index is 1.82. The maximum absolute atomic E-state index is 13.8. The fraction of sp³-hybridized carbons (Fsp3) is 0.190.